The molecule has 1 aromatic carbocycles. The first kappa shape index (κ1) is 13.4. The van der Waals surface area contributed by atoms with E-state index in [0.29, 0.717) is 5.69 Å². The van der Waals surface area contributed by atoms with Gasteiger partial charge in [-0.25, -0.2) is 9.37 Å². The van der Waals surface area contributed by atoms with E-state index in [1.54, 1.807) is 12.3 Å². The van der Waals surface area contributed by atoms with Crippen LogP contribution in [-0.2, 0) is 0 Å². The van der Waals surface area contributed by atoms with Crippen molar-refractivity contribution in [3.63, 3.8) is 0 Å². The summed E-state index contributed by atoms with van der Waals surface area (Å²) in [5.74, 6) is -1.60. The Balaban J connectivity index is 2.18. The second kappa shape index (κ2) is 5.33. The van der Waals surface area contributed by atoms with E-state index in [4.69, 9.17) is 0 Å². The molecule has 0 fully saturated rings. The van der Waals surface area contributed by atoms with Crippen molar-refractivity contribution >= 4 is 22.4 Å². The molecular formula is C12H11FN2O3S. The molecule has 7 heteroatoms. The SMILES string of the molecule is CC(O)c1csc(NC(=O)c2cc(F)ccc2O)n1. The average molecular weight is 282 g/mol. The lowest BCUT2D eigenvalue weighted by Gasteiger charge is -2.04. The number of aliphatic hydroxyl groups is 1. The minimum atomic E-state index is -0.732. The quantitative estimate of drug-likeness (QED) is 0.806. The molecule has 2 aromatic rings. The molecule has 1 aromatic heterocycles. The number of thiazole rings is 1. The number of phenols is 1. The van der Waals surface area contributed by atoms with Crippen LogP contribution >= 0.6 is 11.3 Å². The van der Waals surface area contributed by atoms with Crippen molar-refractivity contribution in [2.24, 2.45) is 0 Å². The monoisotopic (exact) mass is 282 g/mol. The van der Waals surface area contributed by atoms with Gasteiger partial charge in [-0.3, -0.25) is 10.1 Å². The molecule has 1 atom stereocenters. The van der Waals surface area contributed by atoms with Crippen molar-refractivity contribution in [3.8, 4) is 5.75 Å². The van der Waals surface area contributed by atoms with Gasteiger partial charge in [0.1, 0.15) is 11.6 Å². The zero-order valence-corrected chi connectivity index (χ0v) is 10.7. The number of anilines is 1. The van der Waals surface area contributed by atoms with Gasteiger partial charge in [0.05, 0.1) is 17.4 Å². The number of halogens is 1. The fraction of sp³-hybridized carbons (Fsp3) is 0.167. The van der Waals surface area contributed by atoms with Gasteiger partial charge in [-0.1, -0.05) is 0 Å². The molecule has 0 saturated carbocycles. The molecule has 19 heavy (non-hydrogen) atoms. The number of hydrogen-bond donors (Lipinski definition) is 3. The van der Waals surface area contributed by atoms with Crippen LogP contribution in [0.5, 0.6) is 5.75 Å². The van der Waals surface area contributed by atoms with E-state index in [9.17, 15) is 19.4 Å². The van der Waals surface area contributed by atoms with Gasteiger partial charge in [0.25, 0.3) is 5.91 Å². The summed E-state index contributed by atoms with van der Waals surface area (Å²) in [5, 5.41) is 23.1. The number of nitrogens with zero attached hydrogens (tertiary/aromatic N) is 1. The Morgan fingerprint density at radius 3 is 2.89 bits per heavy atom. The van der Waals surface area contributed by atoms with Crippen LogP contribution in [0.2, 0.25) is 0 Å². The summed E-state index contributed by atoms with van der Waals surface area (Å²) in [6.45, 7) is 1.55. The van der Waals surface area contributed by atoms with Crippen LogP contribution < -0.4 is 5.32 Å². The Morgan fingerprint density at radius 2 is 2.26 bits per heavy atom. The lowest BCUT2D eigenvalue weighted by Crippen LogP contribution is -2.12. The minimum absolute atomic E-state index is 0.172. The summed E-state index contributed by atoms with van der Waals surface area (Å²) in [7, 11) is 0. The van der Waals surface area contributed by atoms with Gasteiger partial charge in [0.2, 0.25) is 0 Å². The van der Waals surface area contributed by atoms with E-state index < -0.39 is 17.8 Å². The molecule has 5 nitrogen and oxygen atoms in total. The molecule has 2 rings (SSSR count). The Kier molecular flexibility index (Phi) is 3.77. The highest BCUT2D eigenvalue weighted by Crippen LogP contribution is 2.23. The number of aliphatic hydroxyl groups excluding tert-OH is 1. The Morgan fingerprint density at radius 1 is 1.53 bits per heavy atom. The maximum atomic E-state index is 13.0. The second-order valence-corrected chi connectivity index (χ2v) is 4.73. The van der Waals surface area contributed by atoms with Crippen molar-refractivity contribution in [2.45, 2.75) is 13.0 Å². The van der Waals surface area contributed by atoms with Gasteiger partial charge in [0.15, 0.2) is 5.13 Å². The summed E-state index contributed by atoms with van der Waals surface area (Å²) in [4.78, 5) is 15.8. The third-order valence-corrected chi connectivity index (χ3v) is 3.15. The fourth-order valence-corrected chi connectivity index (χ4v) is 2.18. The van der Waals surface area contributed by atoms with Crippen LogP contribution in [0.4, 0.5) is 9.52 Å². The topological polar surface area (TPSA) is 82.5 Å². The van der Waals surface area contributed by atoms with Gasteiger partial charge >= 0.3 is 0 Å². The van der Waals surface area contributed by atoms with Crippen LogP contribution in [0.25, 0.3) is 0 Å². The number of aromatic nitrogens is 1. The molecule has 0 aliphatic rings. The summed E-state index contributed by atoms with van der Waals surface area (Å²) in [5.41, 5.74) is 0.262. The number of nitrogens with one attached hydrogen (secondary N) is 1. The number of phenolic OH excluding ortho intramolecular Hbond substituents is 1. The maximum Gasteiger partial charge on any atom is 0.261 e. The largest absolute Gasteiger partial charge is 0.507 e. The number of carbonyl (C=O) groups is 1. The third kappa shape index (κ3) is 3.07. The van der Waals surface area contributed by atoms with Crippen molar-refractivity contribution in [1.82, 2.24) is 4.98 Å². The van der Waals surface area contributed by atoms with Gasteiger partial charge in [-0.2, -0.15) is 0 Å². The van der Waals surface area contributed by atoms with Gasteiger partial charge in [-0.15, -0.1) is 11.3 Å². The van der Waals surface area contributed by atoms with Gasteiger partial charge in [0, 0.05) is 5.38 Å². The first-order valence-electron chi connectivity index (χ1n) is 5.40. The molecule has 3 N–H and O–H groups in total. The lowest BCUT2D eigenvalue weighted by atomic mass is 10.2. The lowest BCUT2D eigenvalue weighted by molar-refractivity contribution is 0.102. The predicted molar refractivity (Wildman–Crippen MR) is 68.8 cm³/mol. The standard InChI is InChI=1S/C12H11FN2O3S/c1-6(16)9-5-19-12(14-9)15-11(18)8-4-7(13)2-3-10(8)17/h2-6,16-17H,1H3,(H,14,15,18). The Bertz CT molecular complexity index is 613. The highest BCUT2D eigenvalue weighted by atomic mass is 32.1. The molecular weight excluding hydrogens is 271 g/mol. The first-order valence-corrected chi connectivity index (χ1v) is 6.28. The molecule has 1 amide bonds. The molecule has 0 bridgehead atoms. The first-order chi connectivity index (χ1) is 8.97. The molecule has 100 valence electrons. The number of aromatic hydroxyl groups is 1. The zero-order valence-electron chi connectivity index (χ0n) is 9.92. The number of amides is 1. The summed E-state index contributed by atoms with van der Waals surface area (Å²) < 4.78 is 13.0. The number of carbonyl (C=O) groups excluding carboxylic acids is 1. The Hall–Kier alpha value is -1.99. The Labute approximate surface area is 112 Å². The predicted octanol–water partition coefficient (Wildman–Crippen LogP) is 2.29. The second-order valence-electron chi connectivity index (χ2n) is 3.87. The number of hydrogen-bond acceptors (Lipinski definition) is 5. The van der Waals surface area contributed by atoms with Crippen LogP contribution in [0.3, 0.4) is 0 Å². The average Bonchev–Trinajstić information content (AvgIpc) is 2.80. The normalized spacial score (nSPS) is 12.2. The number of benzene rings is 1. The number of rotatable bonds is 3. The highest BCUT2D eigenvalue weighted by molar-refractivity contribution is 7.14. The van der Waals surface area contributed by atoms with Crippen molar-refractivity contribution in [3.05, 3.63) is 40.7 Å². The van der Waals surface area contributed by atoms with Crippen molar-refractivity contribution in [1.29, 1.82) is 0 Å². The van der Waals surface area contributed by atoms with E-state index >= 15 is 0 Å². The fourth-order valence-electron chi connectivity index (χ4n) is 1.39. The minimum Gasteiger partial charge on any atom is -0.507 e. The van der Waals surface area contributed by atoms with Crippen molar-refractivity contribution in [2.75, 3.05) is 5.32 Å². The van der Waals surface area contributed by atoms with Gasteiger partial charge < -0.3 is 10.2 Å². The summed E-state index contributed by atoms with van der Waals surface area (Å²) in [6, 6.07) is 3.10. The summed E-state index contributed by atoms with van der Waals surface area (Å²) >= 11 is 1.13. The van der Waals surface area contributed by atoms with Crippen LogP contribution in [0.1, 0.15) is 29.1 Å². The highest BCUT2D eigenvalue weighted by Gasteiger charge is 2.15. The molecule has 1 heterocycles. The maximum absolute atomic E-state index is 13.0. The molecule has 0 spiro atoms. The molecule has 0 aliphatic heterocycles. The van der Waals surface area contributed by atoms with E-state index in [1.165, 1.54) is 0 Å². The molecule has 0 saturated heterocycles. The van der Waals surface area contributed by atoms with Gasteiger partial charge in [-0.05, 0) is 25.1 Å². The third-order valence-electron chi connectivity index (χ3n) is 2.37. The van der Waals surface area contributed by atoms with Crippen molar-refractivity contribution < 1.29 is 19.4 Å². The van der Waals surface area contributed by atoms with E-state index in [-0.39, 0.29) is 16.4 Å². The van der Waals surface area contributed by atoms with E-state index in [1.807, 2.05) is 0 Å². The molecule has 0 aliphatic carbocycles. The molecule has 0 radical (unpaired) electrons. The van der Waals surface area contributed by atoms with E-state index in [2.05, 4.69) is 10.3 Å². The van der Waals surface area contributed by atoms with Crippen LogP contribution in [0.15, 0.2) is 23.6 Å². The zero-order chi connectivity index (χ0) is 14.0. The summed E-state index contributed by atoms with van der Waals surface area (Å²) in [6.07, 6.45) is -0.732. The molecule has 1 unspecified atom stereocenters. The smallest absolute Gasteiger partial charge is 0.261 e. The van der Waals surface area contributed by atoms with Crippen LogP contribution in [0, 0.1) is 5.82 Å². The van der Waals surface area contributed by atoms with Crippen LogP contribution in [-0.4, -0.2) is 21.1 Å². The van der Waals surface area contributed by atoms with E-state index in [0.717, 1.165) is 29.5 Å².